The molecule has 8 heteroatoms. The summed E-state index contributed by atoms with van der Waals surface area (Å²) in [5.74, 6) is 0.186. The Morgan fingerprint density at radius 2 is 1.94 bits per heavy atom. The highest BCUT2D eigenvalue weighted by atomic mass is 35.5. The Bertz CT molecular complexity index is 1570. The van der Waals surface area contributed by atoms with Gasteiger partial charge >= 0.3 is 5.97 Å². The number of carboxylic acids is 1. The molecule has 0 fully saturated rings. The molecule has 0 aliphatic rings. The minimum Gasteiger partial charge on any atom is -0.478 e. The number of aromatic carboxylic acids is 1. The molecule has 0 amide bonds. The number of imidazole rings is 1. The normalized spacial score (nSPS) is 11.5. The molecule has 172 valence electrons. The predicted molar refractivity (Wildman–Crippen MR) is 130 cm³/mol. The molecule has 0 saturated heterocycles. The summed E-state index contributed by atoms with van der Waals surface area (Å²) in [4.78, 5) is 21.1. The molecule has 0 radical (unpaired) electrons. The van der Waals surface area contributed by atoms with E-state index in [2.05, 4.69) is 9.55 Å². The van der Waals surface area contributed by atoms with Crippen LogP contribution in [0, 0.1) is 6.92 Å². The fraction of sp³-hybridized carbons (Fsp3) is 0.192. The first-order chi connectivity index (χ1) is 16.4. The lowest BCUT2D eigenvalue weighted by Gasteiger charge is -2.09. The molecule has 3 heterocycles. The summed E-state index contributed by atoms with van der Waals surface area (Å²) < 4.78 is 8.03. The van der Waals surface area contributed by atoms with E-state index in [1.165, 1.54) is 6.07 Å². The van der Waals surface area contributed by atoms with E-state index in [-0.39, 0.29) is 12.2 Å². The number of aliphatic hydroxyl groups is 1. The predicted octanol–water partition coefficient (Wildman–Crippen LogP) is 5.61. The zero-order valence-corrected chi connectivity index (χ0v) is 19.4. The molecule has 34 heavy (non-hydrogen) atoms. The van der Waals surface area contributed by atoms with Gasteiger partial charge in [0.1, 0.15) is 16.9 Å². The molecule has 7 nitrogen and oxygen atoms in total. The molecule has 0 aliphatic carbocycles. The smallest absolute Gasteiger partial charge is 0.336 e. The van der Waals surface area contributed by atoms with Crippen molar-refractivity contribution in [2.24, 2.45) is 0 Å². The highest BCUT2D eigenvalue weighted by Crippen LogP contribution is 2.39. The summed E-state index contributed by atoms with van der Waals surface area (Å²) in [6.45, 7) is 4.39. The average molecular weight is 476 g/mol. The van der Waals surface area contributed by atoms with Crippen LogP contribution >= 0.6 is 11.6 Å². The lowest BCUT2D eigenvalue weighted by atomic mass is 10.0. The minimum absolute atomic E-state index is 0.127. The first kappa shape index (κ1) is 22.1. The molecule has 0 spiro atoms. The van der Waals surface area contributed by atoms with Gasteiger partial charge in [-0.1, -0.05) is 42.8 Å². The third-order valence-electron chi connectivity index (χ3n) is 5.94. The van der Waals surface area contributed by atoms with Crippen molar-refractivity contribution in [2.75, 3.05) is 0 Å². The fourth-order valence-electron chi connectivity index (χ4n) is 4.31. The summed E-state index contributed by atoms with van der Waals surface area (Å²) in [6.07, 6.45) is 0.731. The monoisotopic (exact) mass is 475 g/mol. The second-order valence-electron chi connectivity index (χ2n) is 8.15. The van der Waals surface area contributed by atoms with Crippen LogP contribution in [-0.4, -0.2) is 30.7 Å². The second-order valence-corrected chi connectivity index (χ2v) is 8.53. The summed E-state index contributed by atoms with van der Waals surface area (Å²) in [5, 5.41) is 20.2. The summed E-state index contributed by atoms with van der Waals surface area (Å²) in [6, 6.07) is 14.2. The van der Waals surface area contributed by atoms with E-state index in [4.69, 9.17) is 21.0 Å². The quantitative estimate of drug-likeness (QED) is 0.331. The van der Waals surface area contributed by atoms with Crippen molar-refractivity contribution in [2.45, 2.75) is 33.4 Å². The van der Waals surface area contributed by atoms with Crippen LogP contribution in [0.4, 0.5) is 0 Å². The number of aliphatic hydroxyl groups excluding tert-OH is 1. The molecular weight excluding hydrogens is 454 g/mol. The van der Waals surface area contributed by atoms with Crippen molar-refractivity contribution in [3.63, 3.8) is 0 Å². The van der Waals surface area contributed by atoms with E-state index in [1.807, 2.05) is 38.1 Å². The van der Waals surface area contributed by atoms with Crippen molar-refractivity contribution >= 4 is 39.7 Å². The zero-order chi connectivity index (χ0) is 24.0. The van der Waals surface area contributed by atoms with E-state index >= 15 is 0 Å². The van der Waals surface area contributed by atoms with E-state index < -0.39 is 5.97 Å². The third kappa shape index (κ3) is 3.63. The Hall–Kier alpha value is -3.68. The van der Waals surface area contributed by atoms with Gasteiger partial charge in [-0.2, -0.15) is 0 Å². The number of aryl methyl sites for hydroxylation is 2. The maximum atomic E-state index is 11.7. The van der Waals surface area contributed by atoms with Gasteiger partial charge in [0.2, 0.25) is 0 Å². The van der Waals surface area contributed by atoms with Gasteiger partial charge in [0.15, 0.2) is 11.4 Å². The van der Waals surface area contributed by atoms with Crippen LogP contribution in [0.25, 0.3) is 33.5 Å². The molecule has 3 aromatic heterocycles. The van der Waals surface area contributed by atoms with Crippen LogP contribution < -0.4 is 0 Å². The van der Waals surface area contributed by atoms with E-state index in [0.29, 0.717) is 39.6 Å². The maximum Gasteiger partial charge on any atom is 0.336 e. The highest BCUT2D eigenvalue weighted by molar-refractivity contribution is 6.38. The first-order valence-corrected chi connectivity index (χ1v) is 11.3. The summed E-state index contributed by atoms with van der Waals surface area (Å²) in [7, 11) is 0. The first-order valence-electron chi connectivity index (χ1n) is 10.9. The summed E-state index contributed by atoms with van der Waals surface area (Å²) >= 11 is 6.69. The molecule has 5 rings (SSSR count). The third-order valence-corrected chi connectivity index (χ3v) is 6.31. The molecule has 0 aliphatic heterocycles. The number of rotatable bonds is 6. The zero-order valence-electron chi connectivity index (χ0n) is 18.7. The molecule has 0 saturated carbocycles. The van der Waals surface area contributed by atoms with Crippen molar-refractivity contribution in [1.29, 1.82) is 0 Å². The number of hydrogen-bond acceptors (Lipinski definition) is 5. The van der Waals surface area contributed by atoms with E-state index in [1.54, 1.807) is 18.2 Å². The standard InChI is InChI=1S/C26H22ClN3O4/c1-3-21-29-23-14(2)10-16(13-31)28-25(23)30(21)12-15-8-9-20-19(11-15)22(27)24(34-20)17-6-4-5-7-18(17)26(32)33/h4-11,31H,3,12-13H2,1-2H3,(H,32,33). The van der Waals surface area contributed by atoms with Crippen molar-refractivity contribution in [3.8, 4) is 11.3 Å². The Labute approximate surface area is 200 Å². The molecule has 2 aromatic carbocycles. The van der Waals surface area contributed by atoms with Gasteiger partial charge in [-0.25, -0.2) is 14.8 Å². The number of benzene rings is 2. The van der Waals surface area contributed by atoms with Gasteiger partial charge in [0.05, 0.1) is 29.4 Å². The lowest BCUT2D eigenvalue weighted by Crippen LogP contribution is -2.06. The van der Waals surface area contributed by atoms with Crippen LogP contribution in [0.1, 0.15) is 39.9 Å². The molecule has 5 aromatic rings. The number of furan rings is 1. The Morgan fingerprint density at radius 3 is 2.68 bits per heavy atom. The van der Waals surface area contributed by atoms with Crippen molar-refractivity contribution in [3.05, 3.63) is 81.8 Å². The van der Waals surface area contributed by atoms with Crippen LogP contribution in [0.15, 0.2) is 52.9 Å². The van der Waals surface area contributed by atoms with E-state index in [9.17, 15) is 15.0 Å². The summed E-state index contributed by atoms with van der Waals surface area (Å²) in [5.41, 5.74) is 5.23. The number of carboxylic acid groups (broad SMARTS) is 1. The number of carbonyl (C=O) groups is 1. The second kappa shape index (κ2) is 8.59. The van der Waals surface area contributed by atoms with Crippen LogP contribution in [0.5, 0.6) is 0 Å². The molecule has 0 unspecified atom stereocenters. The SMILES string of the molecule is CCc1nc2c(C)cc(CO)nc2n1Cc1ccc2oc(-c3ccccc3C(=O)O)c(Cl)c2c1. The number of aromatic nitrogens is 3. The fourth-order valence-corrected chi connectivity index (χ4v) is 4.60. The van der Waals surface area contributed by atoms with Gasteiger partial charge in [-0.3, -0.25) is 0 Å². The number of pyridine rings is 1. The Kier molecular flexibility index (Phi) is 5.59. The number of hydrogen-bond donors (Lipinski definition) is 2. The Morgan fingerprint density at radius 1 is 1.15 bits per heavy atom. The highest BCUT2D eigenvalue weighted by Gasteiger charge is 2.21. The van der Waals surface area contributed by atoms with Crippen LogP contribution in [-0.2, 0) is 19.6 Å². The molecule has 0 atom stereocenters. The largest absolute Gasteiger partial charge is 0.478 e. The van der Waals surface area contributed by atoms with E-state index in [0.717, 1.165) is 34.5 Å². The van der Waals surface area contributed by atoms with Gasteiger partial charge in [-0.15, -0.1) is 0 Å². The molecular formula is C26H22ClN3O4. The van der Waals surface area contributed by atoms with Crippen LogP contribution in [0.2, 0.25) is 5.02 Å². The molecule has 0 bridgehead atoms. The van der Waals surface area contributed by atoms with Gasteiger partial charge in [0, 0.05) is 17.4 Å². The van der Waals surface area contributed by atoms with Gasteiger partial charge in [-0.05, 0) is 42.3 Å². The minimum atomic E-state index is -1.04. The van der Waals surface area contributed by atoms with Gasteiger partial charge < -0.3 is 19.2 Å². The van der Waals surface area contributed by atoms with Crippen LogP contribution in [0.3, 0.4) is 0 Å². The molecule has 2 N–H and O–H groups in total. The topological polar surface area (TPSA) is 101 Å². The Balaban J connectivity index is 1.61. The lowest BCUT2D eigenvalue weighted by molar-refractivity contribution is 0.0697. The maximum absolute atomic E-state index is 11.7. The number of fused-ring (bicyclic) bond motifs is 2. The number of nitrogens with zero attached hydrogens (tertiary/aromatic N) is 3. The number of halogens is 1. The average Bonchev–Trinajstić information content (AvgIpc) is 3.36. The van der Waals surface area contributed by atoms with Crippen molar-refractivity contribution in [1.82, 2.24) is 14.5 Å². The van der Waals surface area contributed by atoms with Crippen molar-refractivity contribution < 1.29 is 19.4 Å². The van der Waals surface area contributed by atoms with Gasteiger partial charge in [0.25, 0.3) is 0 Å².